The second-order valence-corrected chi connectivity index (χ2v) is 5.12. The smallest absolute Gasteiger partial charge is 0.135 e. The number of rotatable bonds is 3. The summed E-state index contributed by atoms with van der Waals surface area (Å²) in [7, 11) is 0. The third kappa shape index (κ3) is 2.87. The van der Waals surface area contributed by atoms with Gasteiger partial charge in [0.05, 0.1) is 6.42 Å². The van der Waals surface area contributed by atoms with Gasteiger partial charge in [0.15, 0.2) is 0 Å². The minimum Gasteiger partial charge on any atom is -0.324 e. The molecular formula is C12H16N4S. The van der Waals surface area contributed by atoms with Crippen LogP contribution < -0.4 is 5.73 Å². The molecule has 0 aliphatic rings. The average molecular weight is 248 g/mol. The van der Waals surface area contributed by atoms with Gasteiger partial charge in [0, 0.05) is 34.6 Å². The number of hydrogen-bond donors (Lipinski definition) is 1. The highest BCUT2D eigenvalue weighted by atomic mass is 32.1. The van der Waals surface area contributed by atoms with Crippen LogP contribution in [0, 0.1) is 13.8 Å². The van der Waals surface area contributed by atoms with Crippen molar-refractivity contribution in [2.24, 2.45) is 5.73 Å². The minimum atomic E-state index is -0.0221. The first kappa shape index (κ1) is 12.1. The Labute approximate surface area is 105 Å². The summed E-state index contributed by atoms with van der Waals surface area (Å²) < 4.78 is 0. The molecule has 0 bridgehead atoms. The lowest BCUT2D eigenvalue weighted by Crippen LogP contribution is -2.10. The first-order chi connectivity index (χ1) is 8.06. The molecule has 0 unspecified atom stereocenters. The normalized spacial score (nSPS) is 12.7. The summed E-state index contributed by atoms with van der Waals surface area (Å²) in [5.74, 6) is 0.807. The van der Waals surface area contributed by atoms with E-state index in [0.717, 1.165) is 27.8 Å². The zero-order chi connectivity index (χ0) is 12.4. The van der Waals surface area contributed by atoms with Crippen molar-refractivity contribution in [1.29, 1.82) is 0 Å². The van der Waals surface area contributed by atoms with Crippen LogP contribution in [0.4, 0.5) is 0 Å². The van der Waals surface area contributed by atoms with E-state index in [9.17, 15) is 0 Å². The van der Waals surface area contributed by atoms with Gasteiger partial charge in [-0.05, 0) is 20.8 Å². The fourth-order valence-corrected chi connectivity index (χ4v) is 2.44. The second kappa shape index (κ2) is 4.89. The van der Waals surface area contributed by atoms with Gasteiger partial charge in [-0.2, -0.15) is 0 Å². The summed E-state index contributed by atoms with van der Waals surface area (Å²) in [6, 6.07) is -0.0221. The van der Waals surface area contributed by atoms with Gasteiger partial charge in [-0.1, -0.05) is 0 Å². The number of hydrogen-bond acceptors (Lipinski definition) is 5. The molecule has 0 fully saturated rings. The molecule has 0 radical (unpaired) electrons. The lowest BCUT2D eigenvalue weighted by Gasteiger charge is -2.08. The Morgan fingerprint density at radius 2 is 2.12 bits per heavy atom. The number of nitrogens with two attached hydrogens (primary N) is 1. The van der Waals surface area contributed by atoms with Gasteiger partial charge in [0.25, 0.3) is 0 Å². The summed E-state index contributed by atoms with van der Waals surface area (Å²) in [5.41, 5.74) is 8.84. The van der Waals surface area contributed by atoms with E-state index in [0.29, 0.717) is 6.42 Å². The molecule has 5 heteroatoms. The first-order valence-corrected chi connectivity index (χ1v) is 6.43. The lowest BCUT2D eigenvalue weighted by atomic mass is 10.1. The van der Waals surface area contributed by atoms with Crippen LogP contribution in [0.25, 0.3) is 0 Å². The molecule has 0 aliphatic heterocycles. The van der Waals surface area contributed by atoms with E-state index >= 15 is 0 Å². The molecule has 0 saturated heterocycles. The molecule has 2 N–H and O–H groups in total. The van der Waals surface area contributed by atoms with E-state index in [2.05, 4.69) is 15.0 Å². The maximum absolute atomic E-state index is 5.83. The van der Waals surface area contributed by atoms with E-state index in [-0.39, 0.29) is 6.04 Å². The molecule has 0 amide bonds. The van der Waals surface area contributed by atoms with Crippen LogP contribution in [0.2, 0.25) is 0 Å². The van der Waals surface area contributed by atoms with Crippen LogP contribution in [-0.4, -0.2) is 15.0 Å². The Morgan fingerprint density at radius 3 is 2.65 bits per heavy atom. The molecule has 2 aromatic rings. The molecule has 0 aromatic carbocycles. The van der Waals surface area contributed by atoms with Crippen molar-refractivity contribution in [1.82, 2.24) is 15.0 Å². The number of aryl methyl sites for hydroxylation is 2. The predicted molar refractivity (Wildman–Crippen MR) is 69.0 cm³/mol. The van der Waals surface area contributed by atoms with Gasteiger partial charge in [0.1, 0.15) is 10.8 Å². The Hall–Kier alpha value is -1.33. The van der Waals surface area contributed by atoms with Gasteiger partial charge in [-0.15, -0.1) is 11.3 Å². The predicted octanol–water partition coefficient (Wildman–Crippen LogP) is 2.16. The maximum atomic E-state index is 5.83. The fraction of sp³-hybridized carbons (Fsp3) is 0.417. The Kier molecular flexibility index (Phi) is 3.49. The summed E-state index contributed by atoms with van der Waals surface area (Å²) in [5, 5.41) is 3.09. The van der Waals surface area contributed by atoms with E-state index in [1.54, 1.807) is 11.3 Å². The van der Waals surface area contributed by atoms with Crippen LogP contribution in [0.1, 0.15) is 40.7 Å². The Bertz CT molecular complexity index is 519. The number of aromatic nitrogens is 3. The largest absolute Gasteiger partial charge is 0.324 e. The van der Waals surface area contributed by atoms with Crippen molar-refractivity contribution in [3.63, 3.8) is 0 Å². The molecule has 0 saturated carbocycles. The molecule has 1 atom stereocenters. The quantitative estimate of drug-likeness (QED) is 0.904. The van der Waals surface area contributed by atoms with Crippen LogP contribution in [0.3, 0.4) is 0 Å². The fourth-order valence-electron chi connectivity index (χ4n) is 1.68. The molecule has 90 valence electrons. The molecule has 2 rings (SSSR count). The molecule has 0 spiro atoms. The minimum absolute atomic E-state index is 0.0221. The summed E-state index contributed by atoms with van der Waals surface area (Å²) in [6.07, 6.45) is 2.52. The zero-order valence-electron chi connectivity index (χ0n) is 10.3. The molecule has 0 aliphatic carbocycles. The number of nitrogens with zero attached hydrogens (tertiary/aromatic N) is 3. The third-order valence-electron chi connectivity index (χ3n) is 2.53. The van der Waals surface area contributed by atoms with Gasteiger partial charge in [-0.25, -0.2) is 15.0 Å². The van der Waals surface area contributed by atoms with Gasteiger partial charge in [-0.3, -0.25) is 0 Å². The highest BCUT2D eigenvalue weighted by Crippen LogP contribution is 2.15. The average Bonchev–Trinajstić information content (AvgIpc) is 2.63. The third-order valence-corrected chi connectivity index (χ3v) is 3.50. The van der Waals surface area contributed by atoms with Crippen molar-refractivity contribution in [3.8, 4) is 0 Å². The number of thiazole rings is 1. The standard InChI is InChI=1S/C12H16N4S/c1-7-6-17-12(15-7)4-11-14-5-10(8(2)13)9(3)16-11/h5-6,8H,4,13H2,1-3H3/t8-/m0/s1. The second-order valence-electron chi connectivity index (χ2n) is 4.18. The zero-order valence-corrected chi connectivity index (χ0v) is 11.1. The van der Waals surface area contributed by atoms with Crippen LogP contribution >= 0.6 is 11.3 Å². The van der Waals surface area contributed by atoms with Crippen LogP contribution in [-0.2, 0) is 6.42 Å². The molecular weight excluding hydrogens is 232 g/mol. The SMILES string of the molecule is Cc1csc(Cc2ncc([C@H](C)N)c(C)n2)n1. The summed E-state index contributed by atoms with van der Waals surface area (Å²) >= 11 is 1.64. The van der Waals surface area contributed by atoms with Crippen molar-refractivity contribution >= 4 is 11.3 Å². The van der Waals surface area contributed by atoms with E-state index < -0.39 is 0 Å². The molecule has 2 aromatic heterocycles. The molecule has 4 nitrogen and oxygen atoms in total. The first-order valence-electron chi connectivity index (χ1n) is 5.55. The van der Waals surface area contributed by atoms with Crippen LogP contribution in [0.5, 0.6) is 0 Å². The van der Waals surface area contributed by atoms with Crippen LogP contribution in [0.15, 0.2) is 11.6 Å². The van der Waals surface area contributed by atoms with Crippen molar-refractivity contribution in [2.75, 3.05) is 0 Å². The van der Waals surface area contributed by atoms with E-state index in [1.165, 1.54) is 0 Å². The van der Waals surface area contributed by atoms with Gasteiger partial charge in [0.2, 0.25) is 0 Å². The topological polar surface area (TPSA) is 64.7 Å². The Morgan fingerprint density at radius 1 is 1.35 bits per heavy atom. The molecule has 2 heterocycles. The van der Waals surface area contributed by atoms with Crippen molar-refractivity contribution in [3.05, 3.63) is 39.4 Å². The van der Waals surface area contributed by atoms with Crippen molar-refractivity contribution in [2.45, 2.75) is 33.2 Å². The maximum Gasteiger partial charge on any atom is 0.135 e. The monoisotopic (exact) mass is 248 g/mol. The lowest BCUT2D eigenvalue weighted by molar-refractivity contribution is 0.776. The summed E-state index contributed by atoms with van der Waals surface area (Å²) in [4.78, 5) is 13.2. The van der Waals surface area contributed by atoms with Gasteiger partial charge >= 0.3 is 0 Å². The molecule has 17 heavy (non-hydrogen) atoms. The van der Waals surface area contributed by atoms with Gasteiger partial charge < -0.3 is 5.73 Å². The van der Waals surface area contributed by atoms with E-state index in [4.69, 9.17) is 5.73 Å². The van der Waals surface area contributed by atoms with E-state index in [1.807, 2.05) is 32.3 Å². The highest BCUT2D eigenvalue weighted by molar-refractivity contribution is 7.09. The summed E-state index contributed by atoms with van der Waals surface area (Å²) in [6.45, 7) is 5.90. The van der Waals surface area contributed by atoms with Crippen molar-refractivity contribution < 1.29 is 0 Å². The Balaban J connectivity index is 2.20. The highest BCUT2D eigenvalue weighted by Gasteiger charge is 2.08.